The van der Waals surface area contributed by atoms with Gasteiger partial charge in [0.05, 0.1) is 15.7 Å². The average molecular weight is 329 g/mol. The maximum absolute atomic E-state index is 13.4. The van der Waals surface area contributed by atoms with Crippen LogP contribution in [-0.2, 0) is 0 Å². The Kier molecular flexibility index (Phi) is 3.77. The predicted molar refractivity (Wildman–Crippen MR) is 73.6 cm³/mol. The minimum absolute atomic E-state index is 0.273. The molecule has 0 unspecified atom stereocenters. The van der Waals surface area contributed by atoms with E-state index in [1.54, 1.807) is 13.0 Å². The number of carbonyl (C=O) groups excluding carboxylic acids is 1. The van der Waals surface area contributed by atoms with E-state index in [-0.39, 0.29) is 5.91 Å². The molecule has 0 radical (unpaired) electrons. The van der Waals surface area contributed by atoms with E-state index in [9.17, 15) is 9.18 Å². The highest BCUT2D eigenvalue weighted by molar-refractivity contribution is 9.10. The number of amides is 1. The van der Waals surface area contributed by atoms with Crippen LogP contribution in [0, 0.1) is 19.7 Å². The van der Waals surface area contributed by atoms with Crippen molar-refractivity contribution in [3.8, 4) is 0 Å². The van der Waals surface area contributed by atoms with E-state index in [0.717, 1.165) is 10.6 Å². The monoisotopic (exact) mass is 328 g/mol. The normalized spacial score (nSPS) is 10.4. The first-order valence-electron chi connectivity index (χ1n) is 5.17. The first kappa shape index (κ1) is 13.2. The van der Waals surface area contributed by atoms with Crippen molar-refractivity contribution in [3.05, 3.63) is 44.1 Å². The van der Waals surface area contributed by atoms with Crippen LogP contribution in [0.15, 0.2) is 22.8 Å². The lowest BCUT2D eigenvalue weighted by Gasteiger charge is -2.08. The molecule has 94 valence electrons. The smallest absolute Gasteiger partial charge is 0.267 e. The summed E-state index contributed by atoms with van der Waals surface area (Å²) in [5.74, 6) is -0.679. The van der Waals surface area contributed by atoms with Crippen LogP contribution in [0.4, 0.5) is 10.1 Å². The Morgan fingerprint density at radius 3 is 2.78 bits per heavy atom. The van der Waals surface area contributed by atoms with E-state index in [4.69, 9.17) is 0 Å². The van der Waals surface area contributed by atoms with Gasteiger partial charge in [-0.05, 0) is 47.5 Å². The zero-order valence-corrected chi connectivity index (χ0v) is 12.2. The summed E-state index contributed by atoms with van der Waals surface area (Å²) in [5, 5.41) is 3.50. The standard InChI is InChI=1S/C12H10BrFN2OS/c1-6-3-8(13)9(14)4-10(6)16-12(17)11-5-15-7(2)18-11/h3-5H,1-2H3,(H,16,17). The molecule has 0 atom stereocenters. The number of carbonyl (C=O) groups is 1. The summed E-state index contributed by atoms with van der Waals surface area (Å²) < 4.78 is 13.8. The van der Waals surface area contributed by atoms with E-state index in [1.165, 1.54) is 23.6 Å². The molecule has 0 aliphatic carbocycles. The lowest BCUT2D eigenvalue weighted by Crippen LogP contribution is -2.11. The summed E-state index contributed by atoms with van der Waals surface area (Å²) >= 11 is 4.40. The van der Waals surface area contributed by atoms with Crippen molar-refractivity contribution in [2.45, 2.75) is 13.8 Å². The quantitative estimate of drug-likeness (QED) is 0.907. The topological polar surface area (TPSA) is 42.0 Å². The fourth-order valence-electron chi connectivity index (χ4n) is 1.43. The molecule has 1 amide bonds. The largest absolute Gasteiger partial charge is 0.321 e. The van der Waals surface area contributed by atoms with Crippen LogP contribution >= 0.6 is 27.3 Å². The van der Waals surface area contributed by atoms with Crippen LogP contribution in [0.2, 0.25) is 0 Å². The maximum atomic E-state index is 13.4. The number of thiazole rings is 1. The molecule has 0 bridgehead atoms. The number of halogens is 2. The van der Waals surface area contributed by atoms with Crippen molar-refractivity contribution in [2.24, 2.45) is 0 Å². The van der Waals surface area contributed by atoms with Gasteiger partial charge in [0.1, 0.15) is 10.7 Å². The van der Waals surface area contributed by atoms with E-state index in [0.29, 0.717) is 15.0 Å². The first-order valence-corrected chi connectivity index (χ1v) is 6.78. The Morgan fingerprint density at radius 1 is 1.44 bits per heavy atom. The number of nitrogens with one attached hydrogen (secondary N) is 1. The molecule has 0 saturated carbocycles. The Labute approximate surface area is 116 Å². The fourth-order valence-corrected chi connectivity index (χ4v) is 2.56. The molecule has 0 aliphatic rings. The Hall–Kier alpha value is -1.27. The number of rotatable bonds is 2. The zero-order valence-electron chi connectivity index (χ0n) is 9.75. The van der Waals surface area contributed by atoms with Crippen LogP contribution in [0.3, 0.4) is 0 Å². The van der Waals surface area contributed by atoms with Crippen LogP contribution in [-0.4, -0.2) is 10.9 Å². The molecule has 0 saturated heterocycles. The molecule has 2 rings (SSSR count). The molecular formula is C12H10BrFN2OS. The second kappa shape index (κ2) is 5.16. The first-order chi connectivity index (χ1) is 8.47. The van der Waals surface area contributed by atoms with E-state index in [2.05, 4.69) is 26.2 Å². The van der Waals surface area contributed by atoms with Crippen molar-refractivity contribution in [2.75, 3.05) is 5.32 Å². The molecule has 0 aliphatic heterocycles. The second-order valence-electron chi connectivity index (χ2n) is 3.78. The third kappa shape index (κ3) is 2.76. The molecule has 1 aromatic heterocycles. The molecule has 6 heteroatoms. The summed E-state index contributed by atoms with van der Waals surface area (Å²) in [5.41, 5.74) is 1.25. The molecular weight excluding hydrogens is 319 g/mol. The number of nitrogens with zero attached hydrogens (tertiary/aromatic N) is 1. The van der Waals surface area contributed by atoms with Gasteiger partial charge in [0, 0.05) is 5.69 Å². The number of hydrogen-bond acceptors (Lipinski definition) is 3. The van der Waals surface area contributed by atoms with Gasteiger partial charge in [-0.1, -0.05) is 0 Å². The van der Waals surface area contributed by atoms with Gasteiger partial charge in [0.25, 0.3) is 5.91 Å². The van der Waals surface area contributed by atoms with Crippen molar-refractivity contribution in [1.29, 1.82) is 0 Å². The lowest BCUT2D eigenvalue weighted by molar-refractivity contribution is 0.103. The fraction of sp³-hybridized carbons (Fsp3) is 0.167. The SMILES string of the molecule is Cc1ncc(C(=O)Nc2cc(F)c(Br)cc2C)s1. The second-order valence-corrected chi connectivity index (χ2v) is 5.87. The molecule has 0 spiro atoms. The van der Waals surface area contributed by atoms with E-state index < -0.39 is 5.82 Å². The molecule has 3 nitrogen and oxygen atoms in total. The third-order valence-electron chi connectivity index (χ3n) is 2.36. The average Bonchev–Trinajstić information content (AvgIpc) is 2.73. The van der Waals surface area contributed by atoms with Gasteiger partial charge >= 0.3 is 0 Å². The predicted octanol–water partition coefficient (Wildman–Crippen LogP) is 3.91. The molecule has 1 aromatic carbocycles. The maximum Gasteiger partial charge on any atom is 0.267 e. The van der Waals surface area contributed by atoms with Gasteiger partial charge in [0.2, 0.25) is 0 Å². The Bertz CT molecular complexity index is 612. The molecule has 0 fully saturated rings. The van der Waals surface area contributed by atoms with Crippen LogP contribution in [0.25, 0.3) is 0 Å². The van der Waals surface area contributed by atoms with Crippen molar-refractivity contribution in [3.63, 3.8) is 0 Å². The number of anilines is 1. The highest BCUT2D eigenvalue weighted by Gasteiger charge is 2.12. The molecule has 1 N–H and O–H groups in total. The van der Waals surface area contributed by atoms with Gasteiger partial charge in [0.15, 0.2) is 0 Å². The lowest BCUT2D eigenvalue weighted by atomic mass is 10.2. The molecule has 2 aromatic rings. The Balaban J connectivity index is 2.24. The number of benzene rings is 1. The van der Waals surface area contributed by atoms with Gasteiger partial charge in [-0.2, -0.15) is 0 Å². The van der Waals surface area contributed by atoms with Crippen LogP contribution < -0.4 is 5.32 Å². The van der Waals surface area contributed by atoms with E-state index in [1.807, 2.05) is 6.92 Å². The third-order valence-corrected chi connectivity index (χ3v) is 3.88. The highest BCUT2D eigenvalue weighted by atomic mass is 79.9. The van der Waals surface area contributed by atoms with Gasteiger partial charge < -0.3 is 5.32 Å². The summed E-state index contributed by atoms with van der Waals surface area (Å²) in [6.45, 7) is 3.63. The number of aryl methyl sites for hydroxylation is 2. The minimum atomic E-state index is -0.406. The highest BCUT2D eigenvalue weighted by Crippen LogP contribution is 2.24. The molecule has 18 heavy (non-hydrogen) atoms. The van der Waals surface area contributed by atoms with Gasteiger partial charge in [-0.3, -0.25) is 4.79 Å². The van der Waals surface area contributed by atoms with Gasteiger partial charge in [-0.15, -0.1) is 11.3 Å². The number of hydrogen-bond donors (Lipinski definition) is 1. The minimum Gasteiger partial charge on any atom is -0.321 e. The summed E-state index contributed by atoms with van der Waals surface area (Å²) in [6.07, 6.45) is 1.51. The summed E-state index contributed by atoms with van der Waals surface area (Å²) in [6, 6.07) is 2.92. The van der Waals surface area contributed by atoms with Crippen LogP contribution in [0.1, 0.15) is 20.2 Å². The van der Waals surface area contributed by atoms with Crippen molar-refractivity contribution in [1.82, 2.24) is 4.98 Å². The zero-order chi connectivity index (χ0) is 13.3. The summed E-state index contributed by atoms with van der Waals surface area (Å²) in [7, 11) is 0. The van der Waals surface area contributed by atoms with Gasteiger partial charge in [-0.25, -0.2) is 9.37 Å². The summed E-state index contributed by atoms with van der Waals surface area (Å²) in [4.78, 5) is 16.4. The molecule has 1 heterocycles. The van der Waals surface area contributed by atoms with Crippen molar-refractivity contribution >= 4 is 38.9 Å². The van der Waals surface area contributed by atoms with Crippen molar-refractivity contribution < 1.29 is 9.18 Å². The Morgan fingerprint density at radius 2 is 2.17 bits per heavy atom. The van der Waals surface area contributed by atoms with E-state index >= 15 is 0 Å². The van der Waals surface area contributed by atoms with Crippen LogP contribution in [0.5, 0.6) is 0 Å². The number of aromatic nitrogens is 1.